The average molecular weight is 388 g/mol. The van der Waals surface area contributed by atoms with E-state index in [9.17, 15) is 4.79 Å². The van der Waals surface area contributed by atoms with Crippen LogP contribution in [0.1, 0.15) is 22.3 Å². The summed E-state index contributed by atoms with van der Waals surface area (Å²) in [6, 6.07) is 19.2. The average Bonchev–Trinajstić information content (AvgIpc) is 2.62. The SMILES string of the molecule is Cl.NC(=NCc1ccc(Cl)cc1)c1c(Cc2ccccc2)cc[nH]c1=O. The van der Waals surface area contributed by atoms with Crippen molar-refractivity contribution in [2.45, 2.75) is 13.0 Å². The summed E-state index contributed by atoms with van der Waals surface area (Å²) in [5.41, 5.74) is 9.27. The normalized spacial score (nSPS) is 11.0. The lowest BCUT2D eigenvalue weighted by atomic mass is 10.0. The van der Waals surface area contributed by atoms with Crippen molar-refractivity contribution >= 4 is 29.8 Å². The number of nitrogens with zero attached hydrogens (tertiary/aromatic N) is 1. The van der Waals surface area contributed by atoms with Gasteiger partial charge in [0, 0.05) is 11.2 Å². The predicted octanol–water partition coefficient (Wildman–Crippen LogP) is 3.95. The highest BCUT2D eigenvalue weighted by atomic mass is 35.5. The molecular formula is C20H19Cl2N3O. The van der Waals surface area contributed by atoms with Gasteiger partial charge in [0.25, 0.3) is 5.56 Å². The molecule has 26 heavy (non-hydrogen) atoms. The number of aromatic amines is 1. The summed E-state index contributed by atoms with van der Waals surface area (Å²) < 4.78 is 0. The number of aliphatic imine (C=N–C) groups is 1. The molecule has 0 spiro atoms. The van der Waals surface area contributed by atoms with Crippen LogP contribution in [0.25, 0.3) is 0 Å². The molecular weight excluding hydrogens is 369 g/mol. The van der Waals surface area contributed by atoms with Gasteiger partial charge in [0.15, 0.2) is 0 Å². The molecule has 134 valence electrons. The number of aromatic nitrogens is 1. The highest BCUT2D eigenvalue weighted by Crippen LogP contribution is 2.13. The van der Waals surface area contributed by atoms with Gasteiger partial charge >= 0.3 is 0 Å². The van der Waals surface area contributed by atoms with Crippen molar-refractivity contribution in [1.82, 2.24) is 4.98 Å². The summed E-state index contributed by atoms with van der Waals surface area (Å²) >= 11 is 5.88. The molecule has 0 unspecified atom stereocenters. The molecule has 2 aromatic carbocycles. The van der Waals surface area contributed by atoms with Crippen molar-refractivity contribution < 1.29 is 0 Å². The summed E-state index contributed by atoms with van der Waals surface area (Å²) in [4.78, 5) is 19.4. The summed E-state index contributed by atoms with van der Waals surface area (Å²) in [6.07, 6.45) is 2.26. The molecule has 0 fully saturated rings. The highest BCUT2D eigenvalue weighted by Gasteiger charge is 2.11. The molecule has 0 radical (unpaired) electrons. The maximum Gasteiger partial charge on any atom is 0.259 e. The molecule has 3 rings (SSSR count). The first-order valence-electron chi connectivity index (χ1n) is 7.93. The lowest BCUT2D eigenvalue weighted by Gasteiger charge is -2.08. The number of benzene rings is 2. The van der Waals surface area contributed by atoms with E-state index in [0.717, 1.165) is 16.7 Å². The van der Waals surface area contributed by atoms with Gasteiger partial charge in [0.05, 0.1) is 12.1 Å². The molecule has 0 atom stereocenters. The maximum absolute atomic E-state index is 12.3. The zero-order valence-corrected chi connectivity index (χ0v) is 15.6. The topological polar surface area (TPSA) is 71.2 Å². The van der Waals surface area contributed by atoms with Gasteiger partial charge in [-0.05, 0) is 41.3 Å². The van der Waals surface area contributed by atoms with E-state index in [-0.39, 0.29) is 23.8 Å². The molecule has 1 heterocycles. The first-order valence-corrected chi connectivity index (χ1v) is 8.30. The van der Waals surface area contributed by atoms with Gasteiger partial charge < -0.3 is 10.7 Å². The van der Waals surface area contributed by atoms with E-state index in [1.54, 1.807) is 18.3 Å². The number of rotatable bonds is 5. The van der Waals surface area contributed by atoms with Crippen LogP contribution in [0.5, 0.6) is 0 Å². The predicted molar refractivity (Wildman–Crippen MR) is 109 cm³/mol. The van der Waals surface area contributed by atoms with Gasteiger partial charge in [-0.2, -0.15) is 0 Å². The van der Waals surface area contributed by atoms with E-state index in [1.165, 1.54) is 0 Å². The second-order valence-corrected chi connectivity index (χ2v) is 6.13. The molecule has 0 aliphatic rings. The molecule has 0 aliphatic carbocycles. The zero-order valence-electron chi connectivity index (χ0n) is 14.0. The van der Waals surface area contributed by atoms with Crippen LogP contribution in [0.3, 0.4) is 0 Å². The maximum atomic E-state index is 12.3. The minimum atomic E-state index is -0.231. The van der Waals surface area contributed by atoms with Gasteiger partial charge in [-0.15, -0.1) is 12.4 Å². The van der Waals surface area contributed by atoms with Gasteiger partial charge in [-0.3, -0.25) is 9.79 Å². The molecule has 3 aromatic rings. The lowest BCUT2D eigenvalue weighted by molar-refractivity contribution is 1.05. The van der Waals surface area contributed by atoms with Crippen LogP contribution in [0.15, 0.2) is 76.6 Å². The Bertz CT molecular complexity index is 935. The fourth-order valence-corrected chi connectivity index (χ4v) is 2.73. The van der Waals surface area contributed by atoms with Crippen LogP contribution in [-0.4, -0.2) is 10.8 Å². The van der Waals surface area contributed by atoms with Gasteiger partial charge in [0.2, 0.25) is 0 Å². The minimum Gasteiger partial charge on any atom is -0.383 e. The fraction of sp³-hybridized carbons (Fsp3) is 0.100. The quantitative estimate of drug-likeness (QED) is 0.513. The van der Waals surface area contributed by atoms with Crippen molar-refractivity contribution in [1.29, 1.82) is 0 Å². The third-order valence-electron chi connectivity index (χ3n) is 3.89. The Morgan fingerprint density at radius 3 is 2.38 bits per heavy atom. The minimum absolute atomic E-state index is 0. The molecule has 0 amide bonds. The van der Waals surface area contributed by atoms with Gasteiger partial charge in [0.1, 0.15) is 5.84 Å². The van der Waals surface area contributed by atoms with E-state index in [2.05, 4.69) is 9.98 Å². The molecule has 0 saturated heterocycles. The summed E-state index contributed by atoms with van der Waals surface area (Å²) in [7, 11) is 0. The van der Waals surface area contributed by atoms with Crippen LogP contribution in [0.4, 0.5) is 0 Å². The monoisotopic (exact) mass is 387 g/mol. The second-order valence-electron chi connectivity index (χ2n) is 5.70. The molecule has 0 saturated carbocycles. The van der Waals surface area contributed by atoms with E-state index >= 15 is 0 Å². The number of H-pyrrole nitrogens is 1. The number of amidine groups is 1. The Hall–Kier alpha value is -2.56. The Morgan fingerprint density at radius 2 is 1.69 bits per heavy atom. The number of nitrogens with one attached hydrogen (secondary N) is 1. The zero-order chi connectivity index (χ0) is 17.6. The standard InChI is InChI=1S/C20H18ClN3O.ClH/c21-17-8-6-15(7-9-17)13-24-19(22)18-16(10-11-23-20(18)25)12-14-4-2-1-3-5-14;/h1-11H,12-13H2,(H2,22,24)(H,23,25);1H. The smallest absolute Gasteiger partial charge is 0.259 e. The first-order chi connectivity index (χ1) is 12.1. The Morgan fingerprint density at radius 1 is 1.00 bits per heavy atom. The van der Waals surface area contributed by atoms with E-state index in [4.69, 9.17) is 17.3 Å². The van der Waals surface area contributed by atoms with E-state index < -0.39 is 0 Å². The number of nitrogens with two attached hydrogens (primary N) is 1. The van der Waals surface area contributed by atoms with Crippen molar-refractivity contribution in [2.24, 2.45) is 10.7 Å². The van der Waals surface area contributed by atoms with Gasteiger partial charge in [-0.25, -0.2) is 0 Å². The van der Waals surface area contributed by atoms with Crippen molar-refractivity contribution in [3.05, 3.63) is 104 Å². The second kappa shape index (κ2) is 9.22. The summed E-state index contributed by atoms with van der Waals surface area (Å²) in [5, 5.41) is 0.672. The summed E-state index contributed by atoms with van der Waals surface area (Å²) in [6.45, 7) is 0.391. The number of pyridine rings is 1. The Balaban J connectivity index is 0.00000243. The van der Waals surface area contributed by atoms with Crippen molar-refractivity contribution in [3.8, 4) is 0 Å². The number of hydrogen-bond acceptors (Lipinski definition) is 2. The molecule has 4 nitrogen and oxygen atoms in total. The third kappa shape index (κ3) is 4.97. The van der Waals surface area contributed by atoms with E-state index in [1.807, 2.05) is 48.5 Å². The molecule has 0 bridgehead atoms. The van der Waals surface area contributed by atoms with Gasteiger partial charge in [-0.1, -0.05) is 54.1 Å². The van der Waals surface area contributed by atoms with Crippen LogP contribution < -0.4 is 11.3 Å². The molecule has 6 heteroatoms. The van der Waals surface area contributed by atoms with Crippen LogP contribution in [0, 0.1) is 0 Å². The Kier molecular flexibility index (Phi) is 7.01. The fourth-order valence-electron chi connectivity index (χ4n) is 2.61. The van der Waals surface area contributed by atoms with Crippen molar-refractivity contribution in [2.75, 3.05) is 0 Å². The third-order valence-corrected chi connectivity index (χ3v) is 4.14. The van der Waals surface area contributed by atoms with Crippen LogP contribution >= 0.6 is 24.0 Å². The van der Waals surface area contributed by atoms with Crippen LogP contribution in [-0.2, 0) is 13.0 Å². The van der Waals surface area contributed by atoms with Crippen LogP contribution in [0.2, 0.25) is 5.02 Å². The van der Waals surface area contributed by atoms with Crippen molar-refractivity contribution in [3.63, 3.8) is 0 Å². The first kappa shape index (κ1) is 19.8. The molecule has 3 N–H and O–H groups in total. The molecule has 1 aromatic heterocycles. The highest BCUT2D eigenvalue weighted by molar-refractivity contribution is 6.30. The largest absolute Gasteiger partial charge is 0.383 e. The number of hydrogen-bond donors (Lipinski definition) is 2. The molecule has 0 aliphatic heterocycles. The Labute approximate surface area is 163 Å². The van der Waals surface area contributed by atoms with E-state index in [0.29, 0.717) is 23.6 Å². The number of halogens is 2. The lowest BCUT2D eigenvalue weighted by Crippen LogP contribution is -2.27. The summed E-state index contributed by atoms with van der Waals surface area (Å²) in [5.74, 6) is 0.239.